The van der Waals surface area contributed by atoms with Crippen LogP contribution in [0.1, 0.15) is 316 Å². The van der Waals surface area contributed by atoms with Crippen molar-refractivity contribution >= 4 is 13.7 Å². The molecule has 0 rings (SSSR count). The van der Waals surface area contributed by atoms with Crippen molar-refractivity contribution in [1.82, 2.24) is 5.32 Å². The summed E-state index contributed by atoms with van der Waals surface area (Å²) in [7, 11) is 1.27. The zero-order valence-electron chi connectivity index (χ0n) is 50.5. The summed E-state index contributed by atoms with van der Waals surface area (Å²) in [6.45, 7) is 4.68. The predicted octanol–water partition coefficient (Wildman–Crippen LogP) is 19.6. The molecule has 0 fully saturated rings. The first-order valence-corrected chi connectivity index (χ1v) is 34.0. The van der Waals surface area contributed by atoms with Gasteiger partial charge in [-0.15, -0.1) is 0 Å². The molecule has 0 spiro atoms. The second-order valence-electron chi connectivity index (χ2n) is 23.5. The summed E-state index contributed by atoms with van der Waals surface area (Å²) in [5, 5.41) is 13.9. The third-order valence-corrected chi connectivity index (χ3v) is 15.7. The van der Waals surface area contributed by atoms with E-state index in [1.807, 2.05) is 27.2 Å². The molecular formula is C66H127N2O6P. The molecule has 0 bridgehead atoms. The zero-order valence-corrected chi connectivity index (χ0v) is 51.4. The Morgan fingerprint density at radius 3 is 1.12 bits per heavy atom. The highest BCUT2D eigenvalue weighted by Gasteiger charge is 2.23. The van der Waals surface area contributed by atoms with Crippen LogP contribution in [0.2, 0.25) is 0 Å². The van der Waals surface area contributed by atoms with Gasteiger partial charge in [0.05, 0.1) is 39.9 Å². The molecule has 0 heterocycles. The Hall–Kier alpha value is -1.54. The summed E-state index contributed by atoms with van der Waals surface area (Å²) in [5.41, 5.74) is 0. The van der Waals surface area contributed by atoms with Crippen LogP contribution in [-0.4, -0.2) is 68.5 Å². The highest BCUT2D eigenvalue weighted by Crippen LogP contribution is 2.38. The number of allylic oxidation sites excluding steroid dienone is 7. The number of likely N-dealkylation sites (N-methyl/N-ethyl adjacent to an activating group) is 1. The molecule has 3 atom stereocenters. The fraction of sp³-hybridized carbons (Fsp3) is 0.864. The van der Waals surface area contributed by atoms with Gasteiger partial charge < -0.3 is 28.8 Å². The van der Waals surface area contributed by atoms with Crippen molar-refractivity contribution < 1.29 is 32.9 Å². The Kier molecular flexibility index (Phi) is 56.0. The standard InChI is InChI=1S/C66H127N2O6P/c1-6-8-10-12-14-16-18-20-22-24-26-28-30-32-33-34-35-36-38-40-42-44-46-48-50-52-54-56-58-60-66(70)67-64(63-74-75(71,72)73-62-61-68(3,4)5)65(69)59-57-55-53-51-49-47-45-43-41-39-37-31-29-27-25-23-21-19-17-15-13-11-9-7-2/h18,20,24,26,30,32,57,59,64-65,69H,6-17,19,21-23,25,27-29,31,33-56,58,60-63H2,1-5H3,(H-,67,70,71,72)/b20-18-,26-24-,32-30-,59-57+. The van der Waals surface area contributed by atoms with Crippen molar-refractivity contribution in [3.05, 3.63) is 48.6 Å². The molecule has 1 amide bonds. The van der Waals surface area contributed by atoms with Crippen LogP contribution in [0, 0.1) is 0 Å². The molecule has 9 heteroatoms. The fourth-order valence-electron chi connectivity index (χ4n) is 9.69. The number of carbonyl (C=O) groups excluding carboxylic acids is 1. The Balaban J connectivity index is 4.12. The Labute approximate surface area is 467 Å². The summed E-state index contributed by atoms with van der Waals surface area (Å²) in [6.07, 6.45) is 76.3. The normalized spacial score (nSPS) is 14.1. The van der Waals surface area contributed by atoms with Crippen molar-refractivity contribution in [3.63, 3.8) is 0 Å². The third-order valence-electron chi connectivity index (χ3n) is 14.8. The Bertz CT molecular complexity index is 1360. The highest BCUT2D eigenvalue weighted by atomic mass is 31.2. The van der Waals surface area contributed by atoms with E-state index in [-0.39, 0.29) is 19.1 Å². The average molecular weight is 1080 g/mol. The number of aliphatic hydroxyl groups excluding tert-OH is 1. The molecule has 0 aliphatic carbocycles. The van der Waals surface area contributed by atoms with Crippen LogP contribution in [0.25, 0.3) is 0 Å². The quantitative estimate of drug-likeness (QED) is 0.0272. The summed E-state index contributed by atoms with van der Waals surface area (Å²) < 4.78 is 23.4. The molecule has 0 aliphatic rings. The first-order chi connectivity index (χ1) is 36.5. The molecule has 0 aromatic carbocycles. The fourth-order valence-corrected chi connectivity index (χ4v) is 10.4. The van der Waals surface area contributed by atoms with Crippen LogP contribution in [0.3, 0.4) is 0 Å². The second-order valence-corrected chi connectivity index (χ2v) is 24.9. The van der Waals surface area contributed by atoms with Crippen LogP contribution in [0.4, 0.5) is 0 Å². The number of nitrogens with zero attached hydrogens (tertiary/aromatic N) is 1. The van der Waals surface area contributed by atoms with Crippen molar-refractivity contribution in [3.8, 4) is 0 Å². The first-order valence-electron chi connectivity index (χ1n) is 32.5. The smallest absolute Gasteiger partial charge is 0.268 e. The molecular weight excluding hydrogens is 948 g/mol. The van der Waals surface area contributed by atoms with Crippen LogP contribution >= 0.6 is 7.82 Å². The molecule has 3 unspecified atom stereocenters. The largest absolute Gasteiger partial charge is 0.756 e. The number of hydrogen-bond acceptors (Lipinski definition) is 6. The zero-order chi connectivity index (χ0) is 54.9. The number of hydrogen-bond donors (Lipinski definition) is 2. The van der Waals surface area contributed by atoms with Crippen LogP contribution < -0.4 is 10.2 Å². The van der Waals surface area contributed by atoms with E-state index in [1.54, 1.807) is 6.08 Å². The second kappa shape index (κ2) is 57.2. The minimum atomic E-state index is -4.60. The number of nitrogens with one attached hydrogen (secondary N) is 1. The van der Waals surface area contributed by atoms with Crippen molar-refractivity contribution in [2.24, 2.45) is 0 Å². The van der Waals surface area contributed by atoms with Gasteiger partial charge in [0.15, 0.2) is 0 Å². The molecule has 8 nitrogen and oxygen atoms in total. The van der Waals surface area contributed by atoms with Crippen LogP contribution in [-0.2, 0) is 18.4 Å². The number of unbranched alkanes of at least 4 members (excludes halogenated alkanes) is 41. The summed E-state index contributed by atoms with van der Waals surface area (Å²) in [6, 6.07) is -0.889. The minimum Gasteiger partial charge on any atom is -0.756 e. The van der Waals surface area contributed by atoms with E-state index >= 15 is 0 Å². The van der Waals surface area contributed by atoms with E-state index < -0.39 is 20.0 Å². The van der Waals surface area contributed by atoms with Gasteiger partial charge >= 0.3 is 0 Å². The molecule has 0 aromatic heterocycles. The van der Waals surface area contributed by atoms with Gasteiger partial charge in [0.1, 0.15) is 13.2 Å². The lowest BCUT2D eigenvalue weighted by molar-refractivity contribution is -0.870. The predicted molar refractivity (Wildman–Crippen MR) is 325 cm³/mol. The number of aliphatic hydroxyl groups is 1. The van der Waals surface area contributed by atoms with Crippen molar-refractivity contribution in [1.29, 1.82) is 0 Å². The average Bonchev–Trinajstić information content (AvgIpc) is 3.37. The Morgan fingerprint density at radius 2 is 0.773 bits per heavy atom. The lowest BCUT2D eigenvalue weighted by atomic mass is 10.0. The number of rotatable bonds is 60. The lowest BCUT2D eigenvalue weighted by Crippen LogP contribution is -2.45. The van der Waals surface area contributed by atoms with Gasteiger partial charge in [0, 0.05) is 6.42 Å². The van der Waals surface area contributed by atoms with Crippen molar-refractivity contribution in [2.45, 2.75) is 328 Å². The molecule has 2 N–H and O–H groups in total. The number of amides is 1. The van der Waals surface area contributed by atoms with Gasteiger partial charge in [-0.05, 0) is 57.8 Å². The van der Waals surface area contributed by atoms with E-state index in [4.69, 9.17) is 9.05 Å². The topological polar surface area (TPSA) is 108 Å². The van der Waals surface area contributed by atoms with E-state index in [9.17, 15) is 19.4 Å². The monoisotopic (exact) mass is 1070 g/mol. The summed E-state index contributed by atoms with van der Waals surface area (Å²) in [4.78, 5) is 25.6. The third kappa shape index (κ3) is 60.0. The number of phosphoric acid groups is 1. The summed E-state index contributed by atoms with van der Waals surface area (Å²) in [5.74, 6) is -0.194. The number of phosphoric ester groups is 1. The van der Waals surface area contributed by atoms with Gasteiger partial charge in [-0.3, -0.25) is 9.36 Å². The van der Waals surface area contributed by atoms with Gasteiger partial charge in [-0.2, -0.15) is 0 Å². The highest BCUT2D eigenvalue weighted by molar-refractivity contribution is 7.45. The van der Waals surface area contributed by atoms with E-state index in [2.05, 4.69) is 55.6 Å². The van der Waals surface area contributed by atoms with E-state index in [1.165, 1.54) is 244 Å². The van der Waals surface area contributed by atoms with E-state index in [0.717, 1.165) is 51.4 Å². The van der Waals surface area contributed by atoms with Gasteiger partial charge in [0.25, 0.3) is 7.82 Å². The number of carbonyl (C=O) groups is 1. The van der Waals surface area contributed by atoms with Gasteiger partial charge in [-0.25, -0.2) is 0 Å². The maximum atomic E-state index is 13.0. The maximum absolute atomic E-state index is 13.0. The van der Waals surface area contributed by atoms with Crippen LogP contribution in [0.15, 0.2) is 48.6 Å². The van der Waals surface area contributed by atoms with Crippen LogP contribution in [0.5, 0.6) is 0 Å². The molecule has 0 saturated carbocycles. The molecule has 0 radical (unpaired) electrons. The van der Waals surface area contributed by atoms with E-state index in [0.29, 0.717) is 17.4 Å². The SMILES string of the molecule is CCCCCCC/C=C\C/C=C\C/C=C\CCCCCCCCCCCCCCCCC(=O)NC(COP(=O)([O-])OCC[N+](C)(C)C)C(O)/C=C/CCCCCCCCCCCCCCCCCCCCCCCC. The molecule has 0 aliphatic heterocycles. The first kappa shape index (κ1) is 73.5. The summed E-state index contributed by atoms with van der Waals surface area (Å²) >= 11 is 0. The molecule has 75 heavy (non-hydrogen) atoms. The van der Waals surface area contributed by atoms with Gasteiger partial charge in [0.2, 0.25) is 5.91 Å². The molecule has 442 valence electrons. The maximum Gasteiger partial charge on any atom is 0.268 e. The lowest BCUT2D eigenvalue weighted by Gasteiger charge is -2.29. The Morgan fingerprint density at radius 1 is 0.467 bits per heavy atom. The number of quaternary nitrogens is 1. The van der Waals surface area contributed by atoms with Gasteiger partial charge in [-0.1, -0.05) is 300 Å². The van der Waals surface area contributed by atoms with Crippen molar-refractivity contribution in [2.75, 3.05) is 40.9 Å². The minimum absolute atomic E-state index is 0.000838. The molecule has 0 saturated heterocycles. The molecule has 0 aromatic rings.